The summed E-state index contributed by atoms with van der Waals surface area (Å²) in [4.78, 5) is 11.3. The number of carbonyl (C=O) groups excluding carboxylic acids is 1. The Labute approximate surface area is 88.4 Å². The third-order valence-corrected chi connectivity index (χ3v) is 1.88. The van der Waals surface area contributed by atoms with Crippen LogP contribution in [0.3, 0.4) is 0 Å². The van der Waals surface area contributed by atoms with Crippen LogP contribution in [0.5, 0.6) is 5.75 Å². The lowest BCUT2D eigenvalue weighted by atomic mass is 10.1. The van der Waals surface area contributed by atoms with Crippen molar-refractivity contribution in [2.45, 2.75) is 6.92 Å². The van der Waals surface area contributed by atoms with E-state index in [9.17, 15) is 4.79 Å². The molecule has 0 heterocycles. The highest BCUT2D eigenvalue weighted by Gasteiger charge is 2.12. The molecule has 0 saturated carbocycles. The van der Waals surface area contributed by atoms with Crippen molar-refractivity contribution < 1.29 is 19.4 Å². The number of esters is 1. The molecule has 0 atom stereocenters. The van der Waals surface area contributed by atoms with Crippen LogP contribution < -0.4 is 4.74 Å². The summed E-state index contributed by atoms with van der Waals surface area (Å²) in [6.45, 7) is 3.24. The fourth-order valence-electron chi connectivity index (χ4n) is 1.20. The van der Waals surface area contributed by atoms with Gasteiger partial charge in [0.05, 0.1) is 19.3 Å². The quantitative estimate of drug-likeness (QED) is 0.767. The minimum absolute atomic E-state index is 0.309. The molecule has 4 heteroatoms. The van der Waals surface area contributed by atoms with Gasteiger partial charge in [0, 0.05) is 5.56 Å². The molecule has 0 fully saturated rings. The molecule has 4 nitrogen and oxygen atoms in total. The van der Waals surface area contributed by atoms with E-state index < -0.39 is 5.97 Å². The van der Waals surface area contributed by atoms with Crippen LogP contribution in [0.15, 0.2) is 18.2 Å². The number of hydrogen-bond acceptors (Lipinski definition) is 4. The van der Waals surface area contributed by atoms with Gasteiger partial charge in [0.15, 0.2) is 0 Å². The maximum absolute atomic E-state index is 11.3. The van der Waals surface area contributed by atoms with Gasteiger partial charge in [0.25, 0.3) is 0 Å². The molecule has 81 valence electrons. The summed E-state index contributed by atoms with van der Waals surface area (Å²) in [6.07, 6.45) is 0. The summed E-state index contributed by atoms with van der Waals surface area (Å²) >= 11 is 0. The van der Waals surface area contributed by atoms with E-state index >= 15 is 0 Å². The Kier molecular flexibility index (Phi) is 4.12. The van der Waals surface area contributed by atoms with Gasteiger partial charge in [-0.15, -0.1) is 0 Å². The maximum Gasteiger partial charge on any atom is 0.338 e. The molecule has 1 aromatic carbocycles. The van der Waals surface area contributed by atoms with Crippen LogP contribution >= 0.6 is 0 Å². The third-order valence-electron chi connectivity index (χ3n) is 1.88. The van der Waals surface area contributed by atoms with E-state index in [1.807, 2.05) is 6.92 Å². The second kappa shape index (κ2) is 5.36. The number of aliphatic hydroxyl groups is 1. The first-order valence-corrected chi connectivity index (χ1v) is 4.55. The summed E-state index contributed by atoms with van der Waals surface area (Å²) in [5.74, 6) is 0.115. The summed E-state index contributed by atoms with van der Waals surface area (Å²) < 4.78 is 9.80. The number of aliphatic hydroxyl groups excluding tert-OH is 1. The van der Waals surface area contributed by atoms with Crippen LogP contribution in [0.2, 0.25) is 0 Å². The Bertz CT molecular complexity index is 346. The first kappa shape index (κ1) is 11.5. The monoisotopic (exact) mass is 209 g/mol. The van der Waals surface area contributed by atoms with Crippen LogP contribution in [0, 0.1) is 6.61 Å². The number of methoxy groups -OCH3 is 1. The standard InChI is InChI=1S/C11H13O4/c1-3-15-9-4-5-10(11(13)14-2)8(6-9)7-12/h4-7,12H,3H2,1-2H3. The average Bonchev–Trinajstić information content (AvgIpc) is 2.28. The minimum Gasteiger partial charge on any atom is -0.494 e. The number of ether oxygens (including phenoxy) is 2. The van der Waals surface area contributed by atoms with Crippen molar-refractivity contribution in [3.8, 4) is 5.75 Å². The van der Waals surface area contributed by atoms with E-state index in [0.717, 1.165) is 6.61 Å². The highest BCUT2D eigenvalue weighted by Crippen LogP contribution is 2.19. The van der Waals surface area contributed by atoms with E-state index in [0.29, 0.717) is 23.5 Å². The lowest BCUT2D eigenvalue weighted by Gasteiger charge is -2.08. The summed E-state index contributed by atoms with van der Waals surface area (Å²) in [6, 6.07) is 4.79. The highest BCUT2D eigenvalue weighted by molar-refractivity contribution is 5.91. The van der Waals surface area contributed by atoms with Gasteiger partial charge in [-0.2, -0.15) is 0 Å². The van der Waals surface area contributed by atoms with E-state index in [1.54, 1.807) is 18.2 Å². The SMILES string of the molecule is CCOc1ccc(C(=O)OC)c([CH]O)c1. The fraction of sp³-hybridized carbons (Fsp3) is 0.273. The largest absolute Gasteiger partial charge is 0.494 e. The first-order valence-electron chi connectivity index (χ1n) is 4.55. The Balaban J connectivity index is 3.03. The molecule has 1 rings (SSSR count). The maximum atomic E-state index is 11.3. The predicted octanol–water partition coefficient (Wildman–Crippen LogP) is 1.75. The summed E-state index contributed by atoms with van der Waals surface area (Å²) in [5, 5.41) is 8.97. The Morgan fingerprint density at radius 3 is 2.80 bits per heavy atom. The molecular formula is C11H13O4. The molecule has 15 heavy (non-hydrogen) atoms. The Morgan fingerprint density at radius 1 is 1.53 bits per heavy atom. The van der Waals surface area contributed by atoms with Crippen molar-refractivity contribution in [2.24, 2.45) is 0 Å². The molecule has 0 saturated heterocycles. The second-order valence-corrected chi connectivity index (χ2v) is 2.80. The van der Waals surface area contributed by atoms with Gasteiger partial charge in [-0.3, -0.25) is 0 Å². The van der Waals surface area contributed by atoms with Gasteiger partial charge >= 0.3 is 5.97 Å². The number of benzene rings is 1. The van der Waals surface area contributed by atoms with Crippen LogP contribution in [0.25, 0.3) is 0 Å². The molecule has 0 unspecified atom stereocenters. The van der Waals surface area contributed by atoms with Gasteiger partial charge in [-0.05, 0) is 25.1 Å². The Morgan fingerprint density at radius 2 is 2.27 bits per heavy atom. The van der Waals surface area contributed by atoms with Gasteiger partial charge < -0.3 is 14.6 Å². The predicted molar refractivity (Wildman–Crippen MR) is 54.3 cm³/mol. The van der Waals surface area contributed by atoms with Crippen molar-refractivity contribution in [3.63, 3.8) is 0 Å². The molecule has 0 aliphatic rings. The number of hydrogen-bond donors (Lipinski definition) is 1. The average molecular weight is 209 g/mol. The lowest BCUT2D eigenvalue weighted by molar-refractivity contribution is 0.0599. The molecule has 0 spiro atoms. The van der Waals surface area contributed by atoms with Gasteiger partial charge in [-0.25, -0.2) is 4.79 Å². The fourth-order valence-corrected chi connectivity index (χ4v) is 1.20. The molecule has 0 aliphatic heterocycles. The van der Waals surface area contributed by atoms with Crippen LogP contribution in [0.1, 0.15) is 22.8 Å². The molecule has 0 aromatic heterocycles. The zero-order valence-corrected chi connectivity index (χ0v) is 8.69. The van der Waals surface area contributed by atoms with Crippen molar-refractivity contribution >= 4 is 5.97 Å². The van der Waals surface area contributed by atoms with Crippen LogP contribution in [-0.2, 0) is 4.74 Å². The molecule has 1 N–H and O–H groups in total. The molecule has 1 radical (unpaired) electrons. The van der Waals surface area contributed by atoms with Gasteiger partial charge in [0.2, 0.25) is 0 Å². The molecule has 1 aromatic rings. The highest BCUT2D eigenvalue weighted by atomic mass is 16.5. The topological polar surface area (TPSA) is 55.8 Å². The van der Waals surface area contributed by atoms with Gasteiger partial charge in [-0.1, -0.05) is 0 Å². The normalized spacial score (nSPS) is 9.80. The molecule has 0 amide bonds. The van der Waals surface area contributed by atoms with E-state index in [1.165, 1.54) is 7.11 Å². The van der Waals surface area contributed by atoms with Crippen molar-refractivity contribution in [2.75, 3.05) is 13.7 Å². The van der Waals surface area contributed by atoms with Gasteiger partial charge in [0.1, 0.15) is 12.4 Å². The van der Waals surface area contributed by atoms with E-state index in [2.05, 4.69) is 4.74 Å². The minimum atomic E-state index is -0.488. The third kappa shape index (κ3) is 2.70. The van der Waals surface area contributed by atoms with Crippen LogP contribution in [0.4, 0.5) is 0 Å². The van der Waals surface area contributed by atoms with Crippen molar-refractivity contribution in [3.05, 3.63) is 35.9 Å². The van der Waals surface area contributed by atoms with Crippen molar-refractivity contribution in [1.82, 2.24) is 0 Å². The second-order valence-electron chi connectivity index (χ2n) is 2.80. The lowest BCUT2D eigenvalue weighted by Crippen LogP contribution is -2.05. The molecular weight excluding hydrogens is 196 g/mol. The smallest absolute Gasteiger partial charge is 0.338 e. The zero-order chi connectivity index (χ0) is 11.3. The van der Waals surface area contributed by atoms with Crippen LogP contribution in [-0.4, -0.2) is 24.8 Å². The Hall–Kier alpha value is -1.55. The summed E-state index contributed by atoms with van der Waals surface area (Å²) in [7, 11) is 1.29. The van der Waals surface area contributed by atoms with E-state index in [4.69, 9.17) is 9.84 Å². The van der Waals surface area contributed by atoms with Crippen molar-refractivity contribution in [1.29, 1.82) is 0 Å². The summed E-state index contributed by atoms with van der Waals surface area (Å²) in [5.41, 5.74) is 0.691. The number of rotatable bonds is 4. The first-order chi connectivity index (χ1) is 7.22. The van der Waals surface area contributed by atoms with E-state index in [-0.39, 0.29) is 0 Å². The molecule has 0 aliphatic carbocycles. The number of carbonyl (C=O) groups is 1. The molecule has 0 bridgehead atoms. The zero-order valence-electron chi connectivity index (χ0n) is 8.69.